The Morgan fingerprint density at radius 2 is 0.909 bits per heavy atom. The van der Waals surface area contributed by atoms with Crippen LogP contribution >= 0.6 is 0 Å². The molecular weight excluding hydrogens is 270 g/mol. The smallest absolute Gasteiger partial charge is 0.00282 e. The number of hydrogen-bond acceptors (Lipinski definition) is 2. The van der Waals surface area contributed by atoms with E-state index in [1.807, 2.05) is 0 Å². The molecule has 0 fully saturated rings. The monoisotopic (exact) mass is 312 g/mol. The molecule has 0 aliphatic carbocycles. The minimum absolute atomic E-state index is 0.270. The Morgan fingerprint density at radius 1 is 0.591 bits per heavy atom. The van der Waals surface area contributed by atoms with Crippen molar-refractivity contribution >= 4 is 0 Å². The zero-order valence-corrected chi connectivity index (χ0v) is 15.7. The molecule has 22 heavy (non-hydrogen) atoms. The van der Waals surface area contributed by atoms with Crippen LogP contribution in [-0.4, -0.2) is 18.2 Å². The van der Waals surface area contributed by atoms with Crippen LogP contribution in [0, 0.1) is 5.21 Å². The third-order valence-corrected chi connectivity index (χ3v) is 4.80. The van der Waals surface area contributed by atoms with E-state index in [9.17, 15) is 5.21 Å². The fourth-order valence-corrected chi connectivity index (χ4v) is 3.18. The van der Waals surface area contributed by atoms with Crippen LogP contribution in [0.2, 0.25) is 0 Å². The van der Waals surface area contributed by atoms with Gasteiger partial charge in [0.2, 0.25) is 0 Å². The molecule has 0 radical (unpaired) electrons. The van der Waals surface area contributed by atoms with E-state index in [0.717, 1.165) is 12.8 Å². The van der Waals surface area contributed by atoms with Crippen molar-refractivity contribution in [3.63, 3.8) is 0 Å². The largest absolute Gasteiger partial charge is 0.785 e. The standard InChI is InChI=1S/C20H42NO/c1-4-6-8-10-11-12-13-15-17-19-20(21(3)22)18-16-14-9-7-5-2/h20H,4-19H2,1-3H3/q-1. The van der Waals surface area contributed by atoms with Crippen LogP contribution in [0.15, 0.2) is 0 Å². The number of rotatable bonds is 17. The normalized spacial score (nSPS) is 13.0. The maximum absolute atomic E-state index is 11.6. The zero-order valence-electron chi connectivity index (χ0n) is 15.7. The van der Waals surface area contributed by atoms with Gasteiger partial charge >= 0.3 is 0 Å². The highest BCUT2D eigenvalue weighted by atomic mass is 16.5. The summed E-state index contributed by atoms with van der Waals surface area (Å²) in [5, 5.41) is 12.9. The Kier molecular flexibility index (Phi) is 17.2. The Balaban J connectivity index is 3.45. The second kappa shape index (κ2) is 17.3. The van der Waals surface area contributed by atoms with Crippen molar-refractivity contribution in [2.75, 3.05) is 7.05 Å². The molecule has 0 aliphatic rings. The Morgan fingerprint density at radius 3 is 1.23 bits per heavy atom. The first-order valence-corrected chi connectivity index (χ1v) is 10.1. The van der Waals surface area contributed by atoms with Gasteiger partial charge in [-0.3, -0.25) is 0 Å². The SMILES string of the molecule is CCCCCCCCCCCC(CCCCCCC)N(C)[O-]. The van der Waals surface area contributed by atoms with Gasteiger partial charge in [-0.1, -0.05) is 104 Å². The van der Waals surface area contributed by atoms with Crippen LogP contribution in [0.1, 0.15) is 117 Å². The number of unbranched alkanes of at least 4 members (excludes halogenated alkanes) is 12. The summed E-state index contributed by atoms with van der Waals surface area (Å²) in [6.45, 7) is 4.52. The van der Waals surface area contributed by atoms with E-state index in [0.29, 0.717) is 0 Å². The average Bonchev–Trinajstić information content (AvgIpc) is 2.50. The first-order valence-electron chi connectivity index (χ1n) is 10.1. The van der Waals surface area contributed by atoms with Crippen LogP contribution in [-0.2, 0) is 0 Å². The molecule has 0 aromatic carbocycles. The van der Waals surface area contributed by atoms with Crippen LogP contribution in [0.5, 0.6) is 0 Å². The summed E-state index contributed by atoms with van der Waals surface area (Å²) in [7, 11) is 1.71. The average molecular weight is 313 g/mol. The van der Waals surface area contributed by atoms with E-state index in [1.54, 1.807) is 7.05 Å². The molecule has 2 nitrogen and oxygen atoms in total. The lowest BCUT2D eigenvalue weighted by Gasteiger charge is -2.33. The minimum atomic E-state index is 0.270. The minimum Gasteiger partial charge on any atom is -0.785 e. The van der Waals surface area contributed by atoms with Crippen LogP contribution in [0.3, 0.4) is 0 Å². The molecule has 2 heteroatoms. The van der Waals surface area contributed by atoms with Gasteiger partial charge in [0.25, 0.3) is 0 Å². The van der Waals surface area contributed by atoms with Gasteiger partial charge in [-0.2, -0.15) is 0 Å². The molecule has 0 saturated heterocycles. The summed E-state index contributed by atoms with van der Waals surface area (Å²) < 4.78 is 0. The third-order valence-electron chi connectivity index (χ3n) is 4.80. The van der Waals surface area contributed by atoms with Crippen molar-refractivity contribution in [3.05, 3.63) is 5.21 Å². The summed E-state index contributed by atoms with van der Waals surface area (Å²) in [6, 6.07) is 0.270. The third kappa shape index (κ3) is 14.8. The van der Waals surface area contributed by atoms with Gasteiger partial charge in [0, 0.05) is 0 Å². The van der Waals surface area contributed by atoms with Gasteiger partial charge in [0.05, 0.1) is 0 Å². The molecule has 0 N–H and O–H groups in total. The van der Waals surface area contributed by atoms with Crippen molar-refractivity contribution in [1.82, 2.24) is 5.06 Å². The van der Waals surface area contributed by atoms with E-state index in [4.69, 9.17) is 0 Å². The highest BCUT2D eigenvalue weighted by Gasteiger charge is 2.07. The predicted molar refractivity (Wildman–Crippen MR) is 100 cm³/mol. The Bertz CT molecular complexity index is 206. The van der Waals surface area contributed by atoms with E-state index < -0.39 is 0 Å². The van der Waals surface area contributed by atoms with E-state index in [1.165, 1.54) is 95.0 Å². The second-order valence-corrected chi connectivity index (χ2v) is 7.02. The molecule has 0 aromatic rings. The van der Waals surface area contributed by atoms with Crippen molar-refractivity contribution < 1.29 is 0 Å². The summed E-state index contributed by atoms with van der Waals surface area (Å²) in [5.74, 6) is 0. The van der Waals surface area contributed by atoms with E-state index in [-0.39, 0.29) is 6.04 Å². The first-order chi connectivity index (χ1) is 10.7. The fourth-order valence-electron chi connectivity index (χ4n) is 3.18. The van der Waals surface area contributed by atoms with Crippen molar-refractivity contribution in [1.29, 1.82) is 0 Å². The maximum atomic E-state index is 11.6. The topological polar surface area (TPSA) is 26.3 Å². The zero-order chi connectivity index (χ0) is 16.5. The van der Waals surface area contributed by atoms with Gasteiger partial charge in [-0.15, -0.1) is 0 Å². The van der Waals surface area contributed by atoms with Gasteiger partial charge in [-0.25, -0.2) is 0 Å². The van der Waals surface area contributed by atoms with Crippen molar-refractivity contribution in [2.24, 2.45) is 0 Å². The van der Waals surface area contributed by atoms with Crippen molar-refractivity contribution in [2.45, 2.75) is 123 Å². The highest BCUT2D eigenvalue weighted by Crippen LogP contribution is 2.17. The van der Waals surface area contributed by atoms with E-state index in [2.05, 4.69) is 13.8 Å². The van der Waals surface area contributed by atoms with Gasteiger partial charge in [-0.05, 0) is 25.9 Å². The van der Waals surface area contributed by atoms with Gasteiger partial charge in [0.1, 0.15) is 0 Å². The molecule has 0 bridgehead atoms. The van der Waals surface area contributed by atoms with Gasteiger partial charge in [0.15, 0.2) is 0 Å². The summed E-state index contributed by atoms with van der Waals surface area (Å²) in [4.78, 5) is 0. The fraction of sp³-hybridized carbons (Fsp3) is 1.00. The van der Waals surface area contributed by atoms with Crippen molar-refractivity contribution in [3.8, 4) is 0 Å². The molecule has 0 heterocycles. The molecule has 134 valence electrons. The van der Waals surface area contributed by atoms with Crippen LogP contribution < -0.4 is 0 Å². The van der Waals surface area contributed by atoms with E-state index >= 15 is 0 Å². The molecule has 0 amide bonds. The lowest BCUT2D eigenvalue weighted by molar-refractivity contribution is 0.280. The van der Waals surface area contributed by atoms with Crippen LogP contribution in [0.4, 0.5) is 0 Å². The second-order valence-electron chi connectivity index (χ2n) is 7.02. The summed E-state index contributed by atoms with van der Waals surface area (Å²) >= 11 is 0. The Labute approximate surface area is 140 Å². The molecular formula is C20H42NO-. The van der Waals surface area contributed by atoms with Crippen LogP contribution in [0.25, 0.3) is 0 Å². The molecule has 1 unspecified atom stereocenters. The molecule has 1 atom stereocenters. The molecule has 0 aliphatic heterocycles. The predicted octanol–water partition coefficient (Wildman–Crippen LogP) is 7.07. The lowest BCUT2D eigenvalue weighted by Crippen LogP contribution is -2.26. The summed E-state index contributed by atoms with van der Waals surface area (Å²) in [6.07, 6.45) is 21.0. The summed E-state index contributed by atoms with van der Waals surface area (Å²) in [5.41, 5.74) is 0. The Hall–Kier alpha value is -0.0800. The van der Waals surface area contributed by atoms with Gasteiger partial charge < -0.3 is 10.3 Å². The molecule has 0 rings (SSSR count). The number of nitrogens with zero attached hydrogens (tertiary/aromatic N) is 1. The number of hydroxylamine groups is 2. The molecule has 0 aromatic heterocycles. The highest BCUT2D eigenvalue weighted by molar-refractivity contribution is 4.69. The first kappa shape index (κ1) is 21.9. The molecule has 0 spiro atoms. The molecule has 0 saturated carbocycles. The lowest BCUT2D eigenvalue weighted by atomic mass is 10.00. The maximum Gasteiger partial charge on any atom is -0.00282 e. The quantitative estimate of drug-likeness (QED) is 0.212. The number of hydrogen-bond donors (Lipinski definition) is 0.